The molecule has 0 fully saturated rings. The summed E-state index contributed by atoms with van der Waals surface area (Å²) in [6.45, 7) is 0. The van der Waals surface area contributed by atoms with Crippen LogP contribution >= 0.6 is 11.8 Å². The Balaban J connectivity index is 2.06. The summed E-state index contributed by atoms with van der Waals surface area (Å²) in [5.74, 6) is 1.51. The zero-order valence-corrected chi connectivity index (χ0v) is 13.4. The minimum atomic E-state index is -4.35. The molecule has 2 aromatic rings. The third-order valence-corrected chi connectivity index (χ3v) is 3.88. The first-order chi connectivity index (χ1) is 10.8. The average molecular weight is 343 g/mol. The fourth-order valence-corrected chi connectivity index (χ4v) is 2.75. The molecule has 1 aromatic heterocycles. The van der Waals surface area contributed by atoms with Crippen molar-refractivity contribution >= 4 is 23.7 Å². The zero-order valence-electron chi connectivity index (χ0n) is 12.6. The van der Waals surface area contributed by atoms with E-state index in [-0.39, 0.29) is 17.3 Å². The molecule has 0 unspecified atom stereocenters. The van der Waals surface area contributed by atoms with Crippen LogP contribution in [-0.4, -0.2) is 29.0 Å². The van der Waals surface area contributed by atoms with Gasteiger partial charge in [0.25, 0.3) is 0 Å². The van der Waals surface area contributed by atoms with Crippen molar-refractivity contribution in [1.29, 1.82) is 0 Å². The number of nitrogens with zero attached hydrogens (tertiary/aromatic N) is 4. The number of benzene rings is 1. The first-order valence-electron chi connectivity index (χ1n) is 6.68. The van der Waals surface area contributed by atoms with Crippen LogP contribution < -0.4 is 10.6 Å². The SMILES string of the molecule is CN(C)c1nc(N)nc(CSCc2ccccc2C(F)(F)F)n1. The van der Waals surface area contributed by atoms with Gasteiger partial charge >= 0.3 is 6.18 Å². The average Bonchev–Trinajstić information content (AvgIpc) is 2.46. The monoisotopic (exact) mass is 343 g/mol. The molecule has 0 aliphatic carbocycles. The van der Waals surface area contributed by atoms with Crippen LogP contribution in [0.15, 0.2) is 24.3 Å². The summed E-state index contributed by atoms with van der Waals surface area (Å²) >= 11 is 1.29. The molecule has 0 radical (unpaired) electrons. The molecule has 0 aliphatic heterocycles. The molecule has 0 amide bonds. The van der Waals surface area contributed by atoms with Gasteiger partial charge in [-0.05, 0) is 11.6 Å². The Bertz CT molecular complexity index is 676. The van der Waals surface area contributed by atoms with Gasteiger partial charge in [-0.3, -0.25) is 0 Å². The van der Waals surface area contributed by atoms with Gasteiger partial charge in [-0.25, -0.2) is 0 Å². The van der Waals surface area contributed by atoms with Crippen molar-refractivity contribution in [3.63, 3.8) is 0 Å². The Kier molecular flexibility index (Phi) is 5.30. The molecule has 0 saturated carbocycles. The maximum atomic E-state index is 12.9. The van der Waals surface area contributed by atoms with Gasteiger partial charge in [-0.1, -0.05) is 18.2 Å². The molecule has 2 N–H and O–H groups in total. The predicted molar refractivity (Wildman–Crippen MR) is 85.0 cm³/mol. The molecule has 1 heterocycles. The topological polar surface area (TPSA) is 67.9 Å². The second kappa shape index (κ2) is 7.03. The maximum Gasteiger partial charge on any atom is 0.416 e. The Morgan fingerprint density at radius 1 is 1.09 bits per heavy atom. The van der Waals surface area contributed by atoms with Crippen molar-refractivity contribution in [3.8, 4) is 0 Å². The first kappa shape index (κ1) is 17.3. The molecule has 9 heteroatoms. The van der Waals surface area contributed by atoms with Crippen LogP contribution in [0.4, 0.5) is 25.1 Å². The molecule has 124 valence electrons. The standard InChI is InChI=1S/C14H16F3N5S/c1-22(2)13-20-11(19-12(18)21-13)8-23-7-9-5-3-4-6-10(9)14(15,16)17/h3-6H,7-8H2,1-2H3,(H2,18,19,20,21). The fraction of sp³-hybridized carbons (Fsp3) is 0.357. The normalized spacial score (nSPS) is 11.5. The van der Waals surface area contributed by atoms with Crippen molar-refractivity contribution in [2.45, 2.75) is 17.7 Å². The van der Waals surface area contributed by atoms with Gasteiger partial charge in [-0.15, -0.1) is 11.8 Å². The molecule has 0 aliphatic rings. The highest BCUT2D eigenvalue weighted by Gasteiger charge is 2.32. The second-order valence-corrected chi connectivity index (χ2v) is 5.94. The maximum absolute atomic E-state index is 12.9. The van der Waals surface area contributed by atoms with E-state index in [1.54, 1.807) is 25.1 Å². The quantitative estimate of drug-likeness (QED) is 0.900. The van der Waals surface area contributed by atoms with Gasteiger partial charge in [0.1, 0.15) is 5.82 Å². The van der Waals surface area contributed by atoms with Crippen LogP contribution in [0.3, 0.4) is 0 Å². The van der Waals surface area contributed by atoms with Crippen molar-refractivity contribution in [2.24, 2.45) is 0 Å². The smallest absolute Gasteiger partial charge is 0.368 e. The number of alkyl halides is 3. The number of hydrogen-bond acceptors (Lipinski definition) is 6. The van der Waals surface area contributed by atoms with Crippen molar-refractivity contribution < 1.29 is 13.2 Å². The number of hydrogen-bond donors (Lipinski definition) is 1. The zero-order chi connectivity index (χ0) is 17.0. The molecule has 23 heavy (non-hydrogen) atoms. The van der Waals surface area contributed by atoms with Crippen LogP contribution in [0.2, 0.25) is 0 Å². The third-order valence-electron chi connectivity index (χ3n) is 2.90. The van der Waals surface area contributed by atoms with Crippen LogP contribution in [-0.2, 0) is 17.7 Å². The molecule has 0 atom stereocenters. The van der Waals surface area contributed by atoms with E-state index in [1.807, 2.05) is 0 Å². The fourth-order valence-electron chi connectivity index (χ4n) is 1.86. The number of halogens is 3. The molecule has 2 rings (SSSR count). The number of nitrogens with two attached hydrogens (primary N) is 1. The first-order valence-corrected chi connectivity index (χ1v) is 7.83. The van der Waals surface area contributed by atoms with Gasteiger partial charge in [0.15, 0.2) is 0 Å². The highest BCUT2D eigenvalue weighted by molar-refractivity contribution is 7.97. The molecule has 0 saturated heterocycles. The molecular formula is C14H16F3N5S. The van der Waals surface area contributed by atoms with E-state index in [4.69, 9.17) is 5.73 Å². The van der Waals surface area contributed by atoms with Gasteiger partial charge in [-0.2, -0.15) is 28.1 Å². The lowest BCUT2D eigenvalue weighted by atomic mass is 10.1. The lowest BCUT2D eigenvalue weighted by Crippen LogP contribution is -2.16. The Hall–Kier alpha value is -2.03. The molecular weight excluding hydrogens is 327 g/mol. The van der Waals surface area contributed by atoms with E-state index in [0.717, 1.165) is 6.07 Å². The summed E-state index contributed by atoms with van der Waals surface area (Å²) in [6, 6.07) is 5.53. The summed E-state index contributed by atoms with van der Waals surface area (Å²) in [7, 11) is 3.54. The Morgan fingerprint density at radius 3 is 2.43 bits per heavy atom. The largest absolute Gasteiger partial charge is 0.416 e. The lowest BCUT2D eigenvalue weighted by Gasteiger charge is -2.13. The van der Waals surface area contributed by atoms with E-state index < -0.39 is 11.7 Å². The molecule has 1 aromatic carbocycles. The van der Waals surface area contributed by atoms with Crippen LogP contribution in [0, 0.1) is 0 Å². The Labute approximate surface area is 136 Å². The number of rotatable bonds is 5. The highest BCUT2D eigenvalue weighted by atomic mass is 32.2. The van der Waals surface area contributed by atoms with E-state index in [0.29, 0.717) is 17.5 Å². The van der Waals surface area contributed by atoms with E-state index in [9.17, 15) is 13.2 Å². The van der Waals surface area contributed by atoms with Crippen molar-refractivity contribution in [1.82, 2.24) is 15.0 Å². The molecule has 0 bridgehead atoms. The summed E-state index contributed by atoms with van der Waals surface area (Å²) in [6.07, 6.45) is -4.35. The van der Waals surface area contributed by atoms with Crippen molar-refractivity contribution in [3.05, 3.63) is 41.2 Å². The summed E-state index contributed by atoms with van der Waals surface area (Å²) in [4.78, 5) is 13.9. The number of thioether (sulfide) groups is 1. The van der Waals surface area contributed by atoms with E-state index in [2.05, 4.69) is 15.0 Å². The molecule has 0 spiro atoms. The van der Waals surface area contributed by atoms with Gasteiger partial charge in [0.05, 0.1) is 11.3 Å². The second-order valence-electron chi connectivity index (χ2n) is 4.95. The minimum Gasteiger partial charge on any atom is -0.368 e. The number of anilines is 2. The molecule has 5 nitrogen and oxygen atoms in total. The highest BCUT2D eigenvalue weighted by Crippen LogP contribution is 2.33. The van der Waals surface area contributed by atoms with Crippen LogP contribution in [0.1, 0.15) is 17.0 Å². The van der Waals surface area contributed by atoms with E-state index >= 15 is 0 Å². The predicted octanol–water partition coefficient (Wildman–Crippen LogP) is 2.97. The van der Waals surface area contributed by atoms with Crippen LogP contribution in [0.25, 0.3) is 0 Å². The number of aromatic nitrogens is 3. The third kappa shape index (κ3) is 4.72. The summed E-state index contributed by atoms with van der Waals surface area (Å²) in [5.41, 5.74) is 5.24. The Morgan fingerprint density at radius 2 is 1.78 bits per heavy atom. The van der Waals surface area contributed by atoms with Crippen LogP contribution in [0.5, 0.6) is 0 Å². The van der Waals surface area contributed by atoms with Crippen molar-refractivity contribution in [2.75, 3.05) is 24.7 Å². The minimum absolute atomic E-state index is 0.0926. The summed E-state index contributed by atoms with van der Waals surface area (Å²) < 4.78 is 38.8. The summed E-state index contributed by atoms with van der Waals surface area (Å²) in [5, 5.41) is 0. The van der Waals surface area contributed by atoms with Gasteiger partial charge in [0, 0.05) is 19.8 Å². The van der Waals surface area contributed by atoms with Gasteiger partial charge < -0.3 is 10.6 Å². The number of nitrogen functional groups attached to an aromatic ring is 1. The van der Waals surface area contributed by atoms with E-state index in [1.165, 1.54) is 23.9 Å². The van der Waals surface area contributed by atoms with Gasteiger partial charge in [0.2, 0.25) is 11.9 Å². The lowest BCUT2D eigenvalue weighted by molar-refractivity contribution is -0.138.